The predicted octanol–water partition coefficient (Wildman–Crippen LogP) is 0.527. The Hall–Kier alpha value is -1.10. The lowest BCUT2D eigenvalue weighted by Crippen LogP contribution is -2.09. The molecule has 0 heterocycles. The topological polar surface area (TPSA) is 106 Å². The number of unbranched alkanes of at least 4 members (excludes halogenated alkanes) is 1. The first-order chi connectivity index (χ1) is 5.54. The van der Waals surface area contributed by atoms with E-state index < -0.39 is 11.9 Å². The van der Waals surface area contributed by atoms with Gasteiger partial charge < -0.3 is 15.7 Å². The number of carboxylic acids is 2. The van der Waals surface area contributed by atoms with Gasteiger partial charge in [0.1, 0.15) is 0 Å². The van der Waals surface area contributed by atoms with Gasteiger partial charge in [-0.1, -0.05) is 13.3 Å². The molecule has 0 aromatic rings. The van der Waals surface area contributed by atoms with E-state index in [1.165, 1.54) is 0 Å². The molecule has 0 aliphatic rings. The van der Waals surface area contributed by atoms with Crippen LogP contribution in [0, 0.1) is 5.92 Å². The minimum atomic E-state index is -0.821. The Bertz CT molecular complexity index is 166. The number of carbonyl (C=O) groups is 2. The monoisotopic (exact) mass is 192 g/mol. The zero-order chi connectivity index (χ0) is 9.56. The van der Waals surface area contributed by atoms with Crippen molar-refractivity contribution in [3.63, 3.8) is 0 Å². The van der Waals surface area contributed by atoms with Gasteiger partial charge in [0, 0.05) is 6.42 Å². The van der Waals surface area contributed by atoms with Crippen LogP contribution >= 0.6 is 0 Å². The molecule has 1 unspecified atom stereocenters. The van der Waals surface area contributed by atoms with Gasteiger partial charge in [0.05, 0.1) is 5.92 Å². The van der Waals surface area contributed by atoms with Crippen molar-refractivity contribution < 1.29 is 25.3 Å². The van der Waals surface area contributed by atoms with Gasteiger partial charge in [-0.05, 0) is 12.8 Å². The zero-order valence-corrected chi connectivity index (χ0v) is 7.62. The van der Waals surface area contributed by atoms with E-state index in [1.807, 2.05) is 0 Å². The fourth-order valence-electron chi connectivity index (χ4n) is 0.850. The first-order valence-corrected chi connectivity index (χ1v) is 3.98. The van der Waals surface area contributed by atoms with Crippen molar-refractivity contribution in [1.29, 1.82) is 0 Å². The fourth-order valence-corrected chi connectivity index (χ4v) is 0.850. The average Bonchev–Trinajstić information content (AvgIpc) is 1.97. The summed E-state index contributed by atoms with van der Waals surface area (Å²) in [4.78, 5) is 20.4. The lowest BCUT2D eigenvalue weighted by atomic mass is 10.0. The molecule has 0 aromatic carbocycles. The molecule has 13 heavy (non-hydrogen) atoms. The Morgan fingerprint density at radius 2 is 1.77 bits per heavy atom. The summed E-state index contributed by atoms with van der Waals surface area (Å²) >= 11 is 0. The molecule has 0 radical (unpaired) electrons. The van der Waals surface area contributed by atoms with Gasteiger partial charge >= 0.3 is 11.9 Å². The Kier molecular flexibility index (Phi) is 8.37. The molecule has 0 amide bonds. The van der Waals surface area contributed by atoms with Crippen LogP contribution in [0.25, 0.3) is 0 Å². The van der Waals surface area contributed by atoms with Gasteiger partial charge in [0.25, 0.3) is 0 Å². The molecule has 1 atom stereocenters. The second-order valence-corrected chi connectivity index (χ2v) is 2.88. The second-order valence-electron chi connectivity index (χ2n) is 2.88. The van der Waals surface area contributed by atoms with Crippen LogP contribution in [0.2, 0.25) is 0 Å². The predicted molar refractivity (Wildman–Crippen MR) is 46.5 cm³/mol. The fraction of sp³-hybridized carbons (Fsp3) is 0.750. The van der Waals surface area contributed by atoms with Gasteiger partial charge in [0.15, 0.2) is 0 Å². The Morgan fingerprint density at radius 1 is 1.23 bits per heavy atom. The first-order valence-electron chi connectivity index (χ1n) is 3.98. The van der Waals surface area contributed by atoms with Crippen LogP contribution in [0.1, 0.15) is 32.6 Å². The summed E-state index contributed by atoms with van der Waals surface area (Å²) in [6.07, 6.45) is 1.92. The summed E-state index contributed by atoms with van der Waals surface area (Å²) in [5.41, 5.74) is 0. The molecule has 0 aliphatic carbocycles. The minimum Gasteiger partial charge on any atom is -0.481 e. The van der Waals surface area contributed by atoms with Crippen molar-refractivity contribution in [2.75, 3.05) is 0 Å². The van der Waals surface area contributed by atoms with Crippen molar-refractivity contribution in [3.8, 4) is 0 Å². The molecule has 4 N–H and O–H groups in total. The zero-order valence-electron chi connectivity index (χ0n) is 7.62. The molecule has 78 valence electrons. The highest BCUT2D eigenvalue weighted by molar-refractivity contribution is 5.69. The first kappa shape index (κ1) is 14.4. The van der Waals surface area contributed by atoms with E-state index in [9.17, 15) is 9.59 Å². The molecule has 0 aliphatic heterocycles. The standard InChI is InChI=1S/C8H14O4.H2O/c1-6(8(11)12)4-2-3-5-7(9)10;/h6H,2-5H2,1H3,(H,9,10)(H,11,12);1H2. The van der Waals surface area contributed by atoms with Crippen LogP contribution in [0.3, 0.4) is 0 Å². The van der Waals surface area contributed by atoms with Crippen molar-refractivity contribution in [2.24, 2.45) is 5.92 Å². The SMILES string of the molecule is CC(CCCCC(=O)O)C(=O)O.O. The normalized spacial score (nSPS) is 11.5. The molecule has 0 spiro atoms. The molecule has 5 nitrogen and oxygen atoms in total. The van der Waals surface area contributed by atoms with E-state index in [4.69, 9.17) is 10.2 Å². The maximum absolute atomic E-state index is 10.3. The number of hydrogen-bond acceptors (Lipinski definition) is 2. The summed E-state index contributed by atoms with van der Waals surface area (Å²) < 4.78 is 0. The van der Waals surface area contributed by atoms with Gasteiger partial charge in [-0.25, -0.2) is 0 Å². The highest BCUT2D eigenvalue weighted by Crippen LogP contribution is 2.08. The number of hydrogen-bond donors (Lipinski definition) is 2. The van der Waals surface area contributed by atoms with Crippen LogP contribution in [0.15, 0.2) is 0 Å². The third-order valence-electron chi connectivity index (χ3n) is 1.70. The summed E-state index contributed by atoms with van der Waals surface area (Å²) in [6, 6.07) is 0. The maximum Gasteiger partial charge on any atom is 0.306 e. The summed E-state index contributed by atoms with van der Waals surface area (Å²) in [5.74, 6) is -2.00. The third-order valence-corrected chi connectivity index (χ3v) is 1.70. The maximum atomic E-state index is 10.3. The highest BCUT2D eigenvalue weighted by atomic mass is 16.4. The highest BCUT2D eigenvalue weighted by Gasteiger charge is 2.09. The molecular weight excluding hydrogens is 176 g/mol. The van der Waals surface area contributed by atoms with E-state index >= 15 is 0 Å². The van der Waals surface area contributed by atoms with Crippen LogP contribution in [0.5, 0.6) is 0 Å². The molecule has 0 saturated carbocycles. The quantitative estimate of drug-likeness (QED) is 0.598. The summed E-state index contributed by atoms with van der Waals surface area (Å²) in [5, 5.41) is 16.7. The van der Waals surface area contributed by atoms with Gasteiger partial charge in [-0.3, -0.25) is 9.59 Å². The minimum absolute atomic E-state index is 0. The molecule has 0 fully saturated rings. The molecule has 0 bridgehead atoms. The van der Waals surface area contributed by atoms with Gasteiger partial charge in [-0.15, -0.1) is 0 Å². The average molecular weight is 192 g/mol. The van der Waals surface area contributed by atoms with E-state index in [0.717, 1.165) is 0 Å². The van der Waals surface area contributed by atoms with E-state index in [0.29, 0.717) is 19.3 Å². The third kappa shape index (κ3) is 8.81. The lowest BCUT2D eigenvalue weighted by molar-refractivity contribution is -0.141. The smallest absolute Gasteiger partial charge is 0.306 e. The van der Waals surface area contributed by atoms with E-state index in [2.05, 4.69) is 0 Å². The van der Waals surface area contributed by atoms with Crippen molar-refractivity contribution in [3.05, 3.63) is 0 Å². The molecule has 0 rings (SSSR count). The molecule has 5 heteroatoms. The Morgan fingerprint density at radius 3 is 2.15 bits per heavy atom. The van der Waals surface area contributed by atoms with E-state index in [-0.39, 0.29) is 17.8 Å². The molecule has 0 saturated heterocycles. The van der Waals surface area contributed by atoms with Crippen molar-refractivity contribution >= 4 is 11.9 Å². The molecular formula is C8H16O5. The largest absolute Gasteiger partial charge is 0.481 e. The Balaban J connectivity index is 0. The number of carboxylic acid groups (broad SMARTS) is 2. The van der Waals surface area contributed by atoms with Crippen LogP contribution in [-0.4, -0.2) is 27.6 Å². The van der Waals surface area contributed by atoms with Gasteiger partial charge in [-0.2, -0.15) is 0 Å². The number of aliphatic carboxylic acids is 2. The summed E-state index contributed by atoms with van der Waals surface area (Å²) in [7, 11) is 0. The van der Waals surface area contributed by atoms with Crippen molar-refractivity contribution in [1.82, 2.24) is 0 Å². The number of rotatable bonds is 6. The van der Waals surface area contributed by atoms with Gasteiger partial charge in [0.2, 0.25) is 0 Å². The lowest BCUT2D eigenvalue weighted by Gasteiger charge is -2.03. The summed E-state index contributed by atoms with van der Waals surface area (Å²) in [6.45, 7) is 1.63. The molecule has 0 aromatic heterocycles. The van der Waals surface area contributed by atoms with E-state index in [1.54, 1.807) is 6.92 Å². The van der Waals surface area contributed by atoms with Crippen molar-refractivity contribution in [2.45, 2.75) is 32.6 Å². The Labute approximate surface area is 76.7 Å². The van der Waals surface area contributed by atoms with Crippen LogP contribution in [-0.2, 0) is 9.59 Å². The van der Waals surface area contributed by atoms with Crippen LogP contribution < -0.4 is 0 Å². The second kappa shape index (κ2) is 7.54. The van der Waals surface area contributed by atoms with Crippen LogP contribution in [0.4, 0.5) is 0 Å².